The van der Waals surface area contributed by atoms with Crippen molar-refractivity contribution in [3.8, 4) is 0 Å². The highest BCUT2D eigenvalue weighted by atomic mass is 16.6. The van der Waals surface area contributed by atoms with Crippen molar-refractivity contribution < 1.29 is 19.7 Å². The zero-order valence-electron chi connectivity index (χ0n) is 13.4. The fraction of sp³-hybridized carbons (Fsp3) is 0.938. The lowest BCUT2D eigenvalue weighted by Crippen LogP contribution is -2.44. The largest absolute Gasteiger partial charge is 0.444 e. The first kappa shape index (κ1) is 16.6. The molecule has 0 aromatic carbocycles. The van der Waals surface area contributed by atoms with E-state index in [9.17, 15) is 15.0 Å². The molecule has 2 N–H and O–H groups in total. The molecule has 122 valence electrons. The van der Waals surface area contributed by atoms with Gasteiger partial charge in [0.2, 0.25) is 0 Å². The van der Waals surface area contributed by atoms with Gasteiger partial charge in [0.05, 0.1) is 18.8 Å². The maximum absolute atomic E-state index is 12.3. The maximum Gasteiger partial charge on any atom is 0.410 e. The predicted molar refractivity (Wildman–Crippen MR) is 79.9 cm³/mol. The molecule has 1 aliphatic carbocycles. The Hall–Kier alpha value is -0.810. The van der Waals surface area contributed by atoms with E-state index in [0.29, 0.717) is 18.4 Å². The van der Waals surface area contributed by atoms with Crippen LogP contribution in [0.5, 0.6) is 0 Å². The zero-order valence-corrected chi connectivity index (χ0v) is 13.4. The first-order valence-corrected chi connectivity index (χ1v) is 8.10. The van der Waals surface area contributed by atoms with E-state index in [1.54, 1.807) is 4.90 Å². The SMILES string of the molecule is CC(C)(C)OC(=O)N1CC[C@H](C2CCC(O)CC2)[C@@H]1CO. The molecule has 2 rings (SSSR count). The molecule has 5 heteroatoms. The predicted octanol–water partition coefficient (Wildman–Crippen LogP) is 2.16. The van der Waals surface area contributed by atoms with Crippen LogP contribution < -0.4 is 0 Å². The lowest BCUT2D eigenvalue weighted by molar-refractivity contribution is 0.00922. The van der Waals surface area contributed by atoms with Gasteiger partial charge in [-0.25, -0.2) is 4.79 Å². The summed E-state index contributed by atoms with van der Waals surface area (Å²) in [5.74, 6) is 0.827. The van der Waals surface area contributed by atoms with E-state index in [1.165, 1.54) is 0 Å². The van der Waals surface area contributed by atoms with Crippen molar-refractivity contribution in [2.75, 3.05) is 13.2 Å². The van der Waals surface area contributed by atoms with Crippen LogP contribution in [0.2, 0.25) is 0 Å². The number of aliphatic hydroxyl groups excluding tert-OH is 2. The number of hydrogen-bond acceptors (Lipinski definition) is 4. The Labute approximate surface area is 127 Å². The van der Waals surface area contributed by atoms with Gasteiger partial charge in [-0.3, -0.25) is 0 Å². The van der Waals surface area contributed by atoms with Crippen LogP contribution in [0.25, 0.3) is 0 Å². The van der Waals surface area contributed by atoms with E-state index >= 15 is 0 Å². The van der Waals surface area contributed by atoms with E-state index in [4.69, 9.17) is 4.74 Å². The Balaban J connectivity index is 1.98. The summed E-state index contributed by atoms with van der Waals surface area (Å²) in [5.41, 5.74) is -0.510. The number of likely N-dealkylation sites (tertiary alicyclic amines) is 1. The summed E-state index contributed by atoms with van der Waals surface area (Å²) in [6.45, 7) is 6.21. The second-order valence-corrected chi connectivity index (χ2v) is 7.44. The van der Waals surface area contributed by atoms with Gasteiger partial charge >= 0.3 is 6.09 Å². The molecule has 1 saturated carbocycles. The van der Waals surface area contributed by atoms with Crippen LogP contribution in [-0.2, 0) is 4.74 Å². The number of nitrogens with zero attached hydrogens (tertiary/aromatic N) is 1. The van der Waals surface area contributed by atoms with Crippen LogP contribution in [-0.4, -0.2) is 52.1 Å². The molecule has 0 bridgehead atoms. The summed E-state index contributed by atoms with van der Waals surface area (Å²) in [6, 6.07) is -0.139. The first-order chi connectivity index (χ1) is 9.81. The molecule has 21 heavy (non-hydrogen) atoms. The molecular weight excluding hydrogens is 270 g/mol. The molecule has 2 fully saturated rings. The number of carbonyl (C=O) groups is 1. The standard InChI is InChI=1S/C16H29NO4/c1-16(2,3)21-15(20)17-9-8-13(14(17)10-18)11-4-6-12(19)7-5-11/h11-14,18-19H,4-10H2,1-3H3/t11?,12?,13-,14+/m1/s1. The number of amides is 1. The molecule has 2 atom stereocenters. The Bertz CT molecular complexity index is 358. The van der Waals surface area contributed by atoms with Crippen LogP contribution in [0.15, 0.2) is 0 Å². The van der Waals surface area contributed by atoms with Crippen molar-refractivity contribution in [1.29, 1.82) is 0 Å². The topological polar surface area (TPSA) is 70.0 Å². The molecule has 1 aliphatic heterocycles. The highest BCUT2D eigenvalue weighted by molar-refractivity contribution is 5.69. The lowest BCUT2D eigenvalue weighted by atomic mass is 9.76. The average Bonchev–Trinajstić information content (AvgIpc) is 2.81. The van der Waals surface area contributed by atoms with Gasteiger partial charge in [-0.1, -0.05) is 0 Å². The van der Waals surface area contributed by atoms with Gasteiger partial charge in [0, 0.05) is 6.54 Å². The minimum atomic E-state index is -0.510. The first-order valence-electron chi connectivity index (χ1n) is 8.10. The number of ether oxygens (including phenoxy) is 1. The van der Waals surface area contributed by atoms with E-state index in [2.05, 4.69) is 0 Å². The normalized spacial score (nSPS) is 34.0. The molecule has 0 unspecified atom stereocenters. The Kier molecular flexibility index (Phi) is 5.15. The summed E-state index contributed by atoms with van der Waals surface area (Å²) < 4.78 is 5.44. The Morgan fingerprint density at radius 3 is 2.33 bits per heavy atom. The van der Waals surface area contributed by atoms with Crippen molar-refractivity contribution >= 4 is 6.09 Å². The highest BCUT2D eigenvalue weighted by Crippen LogP contribution is 2.39. The smallest absolute Gasteiger partial charge is 0.410 e. The molecule has 0 aromatic heterocycles. The monoisotopic (exact) mass is 299 g/mol. The minimum Gasteiger partial charge on any atom is -0.444 e. The Morgan fingerprint density at radius 2 is 1.81 bits per heavy atom. The number of hydrogen-bond donors (Lipinski definition) is 2. The number of rotatable bonds is 2. The molecule has 0 spiro atoms. The molecule has 1 heterocycles. The van der Waals surface area contributed by atoms with Gasteiger partial charge in [-0.05, 0) is 64.7 Å². The van der Waals surface area contributed by atoms with Gasteiger partial charge in [-0.2, -0.15) is 0 Å². The van der Waals surface area contributed by atoms with Crippen molar-refractivity contribution in [3.63, 3.8) is 0 Å². The molecule has 0 radical (unpaired) electrons. The van der Waals surface area contributed by atoms with Crippen LogP contribution in [0, 0.1) is 11.8 Å². The highest BCUT2D eigenvalue weighted by Gasteiger charge is 2.42. The van der Waals surface area contributed by atoms with Crippen LogP contribution in [0.4, 0.5) is 4.79 Å². The lowest BCUT2D eigenvalue weighted by Gasteiger charge is -2.35. The third kappa shape index (κ3) is 4.10. The van der Waals surface area contributed by atoms with Crippen LogP contribution in [0.3, 0.4) is 0 Å². The van der Waals surface area contributed by atoms with Crippen LogP contribution >= 0.6 is 0 Å². The van der Waals surface area contributed by atoms with Crippen molar-refractivity contribution in [2.45, 2.75) is 70.6 Å². The maximum atomic E-state index is 12.3. The third-order valence-electron chi connectivity index (χ3n) is 4.76. The van der Waals surface area contributed by atoms with E-state index in [0.717, 1.165) is 32.1 Å². The number of aliphatic hydroxyl groups is 2. The average molecular weight is 299 g/mol. The minimum absolute atomic E-state index is 0.0109. The molecule has 1 amide bonds. The van der Waals surface area contributed by atoms with Gasteiger partial charge in [-0.15, -0.1) is 0 Å². The summed E-state index contributed by atoms with van der Waals surface area (Å²) in [4.78, 5) is 14.0. The summed E-state index contributed by atoms with van der Waals surface area (Å²) in [7, 11) is 0. The van der Waals surface area contributed by atoms with Gasteiger partial charge in [0.25, 0.3) is 0 Å². The molecule has 1 saturated heterocycles. The molecular formula is C16H29NO4. The van der Waals surface area contributed by atoms with Crippen molar-refractivity contribution in [3.05, 3.63) is 0 Å². The number of carbonyl (C=O) groups excluding carboxylic acids is 1. The van der Waals surface area contributed by atoms with Gasteiger partial charge in [0.15, 0.2) is 0 Å². The zero-order chi connectivity index (χ0) is 15.6. The van der Waals surface area contributed by atoms with E-state index in [1.807, 2.05) is 20.8 Å². The second kappa shape index (κ2) is 6.53. The molecule has 2 aliphatic rings. The molecule has 5 nitrogen and oxygen atoms in total. The summed E-state index contributed by atoms with van der Waals surface area (Å²) in [6.07, 6.45) is 4.09. The van der Waals surface area contributed by atoms with Crippen molar-refractivity contribution in [1.82, 2.24) is 4.90 Å². The molecule has 0 aromatic rings. The fourth-order valence-electron chi connectivity index (χ4n) is 3.74. The second-order valence-electron chi connectivity index (χ2n) is 7.44. The van der Waals surface area contributed by atoms with E-state index in [-0.39, 0.29) is 24.8 Å². The quantitative estimate of drug-likeness (QED) is 0.820. The third-order valence-corrected chi connectivity index (χ3v) is 4.76. The Morgan fingerprint density at radius 1 is 1.19 bits per heavy atom. The van der Waals surface area contributed by atoms with Crippen molar-refractivity contribution in [2.24, 2.45) is 11.8 Å². The summed E-state index contributed by atoms with van der Waals surface area (Å²) >= 11 is 0. The fourth-order valence-corrected chi connectivity index (χ4v) is 3.74. The van der Waals surface area contributed by atoms with Gasteiger partial charge in [0.1, 0.15) is 5.60 Å². The van der Waals surface area contributed by atoms with Crippen LogP contribution in [0.1, 0.15) is 52.9 Å². The summed E-state index contributed by atoms with van der Waals surface area (Å²) in [5, 5.41) is 19.4. The van der Waals surface area contributed by atoms with Gasteiger partial charge < -0.3 is 19.8 Å². The van der Waals surface area contributed by atoms with E-state index < -0.39 is 5.60 Å².